The van der Waals surface area contributed by atoms with E-state index in [1.54, 1.807) is 0 Å². The average Bonchev–Trinajstić information content (AvgIpc) is 2.84. The number of ketones is 1. The highest BCUT2D eigenvalue weighted by Crippen LogP contribution is 2.48. The van der Waals surface area contributed by atoms with Gasteiger partial charge in [-0.1, -0.05) is 6.92 Å². The molecule has 24 heavy (non-hydrogen) atoms. The van der Waals surface area contributed by atoms with Crippen LogP contribution in [0, 0.1) is 11.2 Å². The monoisotopic (exact) mass is 337 g/mol. The van der Waals surface area contributed by atoms with Crippen molar-refractivity contribution in [3.63, 3.8) is 0 Å². The number of halogens is 1. The Kier molecular flexibility index (Phi) is 4.75. The van der Waals surface area contributed by atoms with Crippen LogP contribution in [0.1, 0.15) is 39.2 Å². The minimum absolute atomic E-state index is 0.0293. The Morgan fingerprint density at radius 3 is 2.17 bits per heavy atom. The second kappa shape index (κ2) is 6.32. The maximum atomic E-state index is 13.2. The van der Waals surface area contributed by atoms with Gasteiger partial charge in [0.25, 0.3) is 5.79 Å². The van der Waals surface area contributed by atoms with Gasteiger partial charge in [0.1, 0.15) is 17.0 Å². The van der Waals surface area contributed by atoms with E-state index in [1.165, 1.54) is 26.0 Å². The lowest BCUT2D eigenvalue weighted by Crippen LogP contribution is -2.49. The molecule has 1 aromatic carbocycles. The number of hydrogen-bond donors (Lipinski definition) is 1. The number of rotatable bonds is 6. The first kappa shape index (κ1) is 18.1. The van der Waals surface area contributed by atoms with Crippen molar-refractivity contribution < 1.29 is 28.2 Å². The lowest BCUT2D eigenvalue weighted by molar-refractivity contribution is -0.230. The van der Waals surface area contributed by atoms with Gasteiger partial charge in [-0.15, -0.1) is 0 Å². The fourth-order valence-electron chi connectivity index (χ4n) is 2.59. The van der Waals surface area contributed by atoms with E-state index < -0.39 is 29.0 Å². The van der Waals surface area contributed by atoms with Gasteiger partial charge in [0, 0.05) is 18.0 Å². The summed E-state index contributed by atoms with van der Waals surface area (Å²) in [5, 5.41) is 0. The summed E-state index contributed by atoms with van der Waals surface area (Å²) in [5.41, 5.74) is 4.64. The van der Waals surface area contributed by atoms with Gasteiger partial charge in [0.2, 0.25) is 0 Å². The van der Waals surface area contributed by atoms with E-state index in [0.717, 1.165) is 12.1 Å². The number of hydrogen-bond acceptors (Lipinski definition) is 6. The van der Waals surface area contributed by atoms with Crippen LogP contribution in [0.3, 0.4) is 0 Å². The lowest BCUT2D eigenvalue weighted by Gasteiger charge is -2.39. The molecule has 0 saturated carbocycles. The van der Waals surface area contributed by atoms with Gasteiger partial charge in [-0.05, 0) is 44.5 Å². The van der Waals surface area contributed by atoms with Crippen molar-refractivity contribution in [1.82, 2.24) is 0 Å². The standard InChI is InChI=1S/C17H20FNO5/c1-4-12(19)9-13(20)16(2,3)17(23-14(21)15(22)24-17)10-5-7-11(18)8-6-10/h5-8,12H,4,9,19H2,1-3H3. The first-order chi connectivity index (χ1) is 11.1. The summed E-state index contributed by atoms with van der Waals surface area (Å²) >= 11 is 0. The zero-order valence-electron chi connectivity index (χ0n) is 13.8. The van der Waals surface area contributed by atoms with Crippen molar-refractivity contribution in [2.75, 3.05) is 0 Å². The molecule has 0 spiro atoms. The molecule has 0 radical (unpaired) electrons. The van der Waals surface area contributed by atoms with Crippen LogP contribution >= 0.6 is 0 Å². The number of nitrogens with two attached hydrogens (primary N) is 1. The van der Waals surface area contributed by atoms with Gasteiger partial charge < -0.3 is 15.2 Å². The molecule has 7 heteroatoms. The van der Waals surface area contributed by atoms with Crippen LogP contribution in [0.2, 0.25) is 0 Å². The summed E-state index contributed by atoms with van der Waals surface area (Å²) in [4.78, 5) is 36.1. The molecule has 1 saturated heterocycles. The number of ether oxygens (including phenoxy) is 2. The van der Waals surface area contributed by atoms with E-state index >= 15 is 0 Å². The van der Waals surface area contributed by atoms with Crippen molar-refractivity contribution in [3.05, 3.63) is 35.6 Å². The molecule has 1 aliphatic rings. The van der Waals surface area contributed by atoms with Gasteiger partial charge in [-0.3, -0.25) is 4.79 Å². The molecular weight excluding hydrogens is 317 g/mol. The number of benzene rings is 1. The minimum atomic E-state index is -1.95. The lowest BCUT2D eigenvalue weighted by atomic mass is 9.73. The molecule has 1 aromatic rings. The molecular formula is C17H20FNO5. The third-order valence-electron chi connectivity index (χ3n) is 4.36. The van der Waals surface area contributed by atoms with Gasteiger partial charge in [-0.2, -0.15) is 0 Å². The van der Waals surface area contributed by atoms with Crippen LogP contribution < -0.4 is 5.73 Å². The Morgan fingerprint density at radius 2 is 1.71 bits per heavy atom. The summed E-state index contributed by atoms with van der Waals surface area (Å²) in [5.74, 6) is -5.18. The molecule has 0 aliphatic carbocycles. The van der Waals surface area contributed by atoms with E-state index in [-0.39, 0.29) is 23.8 Å². The summed E-state index contributed by atoms with van der Waals surface area (Å²) in [6.45, 7) is 4.86. The van der Waals surface area contributed by atoms with Crippen molar-refractivity contribution in [2.24, 2.45) is 11.1 Å². The molecule has 130 valence electrons. The van der Waals surface area contributed by atoms with Crippen molar-refractivity contribution in [2.45, 2.75) is 45.4 Å². The Bertz CT molecular complexity index is 652. The van der Waals surface area contributed by atoms with Crippen molar-refractivity contribution >= 4 is 17.7 Å². The predicted octanol–water partition coefficient (Wildman–Crippen LogP) is 1.80. The van der Waals surface area contributed by atoms with Crippen LogP contribution in [0.25, 0.3) is 0 Å². The quantitative estimate of drug-likeness (QED) is 0.628. The molecule has 0 bridgehead atoms. The molecule has 1 aliphatic heterocycles. The Labute approximate surface area is 139 Å². The zero-order valence-corrected chi connectivity index (χ0v) is 13.8. The highest BCUT2D eigenvalue weighted by atomic mass is 19.1. The normalized spacial score (nSPS) is 18.0. The molecule has 0 aromatic heterocycles. The number of carbonyl (C=O) groups excluding carboxylic acids is 3. The largest absolute Gasteiger partial charge is 0.421 e. The first-order valence-corrected chi connectivity index (χ1v) is 7.65. The molecule has 6 nitrogen and oxygen atoms in total. The predicted molar refractivity (Wildman–Crippen MR) is 81.9 cm³/mol. The van der Waals surface area contributed by atoms with Gasteiger partial charge >= 0.3 is 11.9 Å². The maximum absolute atomic E-state index is 13.2. The van der Waals surface area contributed by atoms with Gasteiger partial charge in [-0.25, -0.2) is 14.0 Å². The number of Topliss-reactive ketones (excluding diaryl/α,β-unsaturated/α-hetero) is 1. The number of esters is 2. The van der Waals surface area contributed by atoms with Crippen LogP contribution in [-0.4, -0.2) is 23.8 Å². The van der Waals surface area contributed by atoms with Crippen molar-refractivity contribution in [3.8, 4) is 0 Å². The molecule has 1 unspecified atom stereocenters. The number of carbonyl (C=O) groups is 3. The average molecular weight is 337 g/mol. The zero-order chi connectivity index (χ0) is 18.1. The van der Waals surface area contributed by atoms with E-state index in [4.69, 9.17) is 15.2 Å². The Balaban J connectivity index is 2.50. The molecule has 1 fully saturated rings. The van der Waals surface area contributed by atoms with E-state index in [2.05, 4.69) is 0 Å². The van der Waals surface area contributed by atoms with Gasteiger partial charge in [0.05, 0.1) is 0 Å². The van der Waals surface area contributed by atoms with Crippen molar-refractivity contribution in [1.29, 1.82) is 0 Å². The summed E-state index contributed by atoms with van der Waals surface area (Å²) < 4.78 is 23.6. The second-order valence-electron chi connectivity index (χ2n) is 6.32. The van der Waals surface area contributed by atoms with Gasteiger partial charge in [0.15, 0.2) is 0 Å². The Hall–Kier alpha value is -2.28. The molecule has 0 amide bonds. The minimum Gasteiger partial charge on any atom is -0.408 e. The topological polar surface area (TPSA) is 95.7 Å². The number of cyclic esters (lactones) is 2. The third kappa shape index (κ3) is 2.91. The van der Waals surface area contributed by atoms with Crippen LogP contribution in [0.15, 0.2) is 24.3 Å². The summed E-state index contributed by atoms with van der Waals surface area (Å²) in [7, 11) is 0. The van der Waals surface area contributed by atoms with Crippen LogP contribution in [0.5, 0.6) is 0 Å². The molecule has 1 heterocycles. The fourth-order valence-corrected chi connectivity index (χ4v) is 2.59. The van der Waals surface area contributed by atoms with E-state index in [1.807, 2.05) is 6.92 Å². The molecule has 1 atom stereocenters. The fraction of sp³-hybridized carbons (Fsp3) is 0.471. The first-order valence-electron chi connectivity index (χ1n) is 7.65. The Morgan fingerprint density at radius 1 is 1.21 bits per heavy atom. The highest BCUT2D eigenvalue weighted by molar-refractivity contribution is 6.31. The summed E-state index contributed by atoms with van der Waals surface area (Å²) in [6.07, 6.45) is 0.618. The maximum Gasteiger partial charge on any atom is 0.421 e. The smallest absolute Gasteiger partial charge is 0.408 e. The van der Waals surface area contributed by atoms with Crippen LogP contribution in [0.4, 0.5) is 4.39 Å². The van der Waals surface area contributed by atoms with E-state index in [0.29, 0.717) is 6.42 Å². The summed E-state index contributed by atoms with van der Waals surface area (Å²) in [6, 6.07) is 4.53. The molecule has 2 N–H and O–H groups in total. The van der Waals surface area contributed by atoms with E-state index in [9.17, 15) is 18.8 Å². The molecule has 2 rings (SSSR count). The third-order valence-corrected chi connectivity index (χ3v) is 4.36. The SMILES string of the molecule is CCC(N)CC(=O)C(C)(C)C1(c2ccc(F)cc2)OC(=O)C(=O)O1. The van der Waals surface area contributed by atoms with Crippen LogP contribution in [-0.2, 0) is 29.6 Å². The second-order valence-corrected chi connectivity index (χ2v) is 6.32. The highest BCUT2D eigenvalue weighted by Gasteiger charge is 2.62.